The molecule has 23 heavy (non-hydrogen) atoms. The smallest absolute Gasteiger partial charge is 0.124 e. The largest absolute Gasteiger partial charge is 0.235 e. The molecule has 0 radical (unpaired) electrons. The van der Waals surface area contributed by atoms with Gasteiger partial charge in [0.05, 0.1) is 10.2 Å². The topological polar surface area (TPSA) is 12.9 Å². The van der Waals surface area contributed by atoms with Gasteiger partial charge < -0.3 is 0 Å². The minimum atomic E-state index is 0.771. The van der Waals surface area contributed by atoms with Crippen LogP contribution in [-0.2, 0) is 0 Å². The monoisotopic (exact) mass is 351 g/mol. The molecule has 2 aromatic heterocycles. The van der Waals surface area contributed by atoms with Crippen LogP contribution in [0.3, 0.4) is 0 Å². The first-order valence-corrected chi connectivity index (χ1v) is 9.27. The highest BCUT2D eigenvalue weighted by atomic mass is 35.5. The van der Waals surface area contributed by atoms with Gasteiger partial charge in [0.25, 0.3) is 0 Å². The van der Waals surface area contributed by atoms with Gasteiger partial charge in [0, 0.05) is 30.8 Å². The zero-order valence-electron chi connectivity index (χ0n) is 11.9. The van der Waals surface area contributed by atoms with Crippen molar-refractivity contribution >= 4 is 64.7 Å². The van der Waals surface area contributed by atoms with Gasteiger partial charge in [-0.2, -0.15) is 0 Å². The third kappa shape index (κ3) is 2.08. The zero-order chi connectivity index (χ0) is 15.4. The standard InChI is InChI=1S/C19H10ClNS2/c20-12-6-7-14-13(10-12)17-15(22-14)8-9-16-18(17)21-19(23-16)11-4-2-1-3-5-11/h1-10H. The molecule has 1 nitrogen and oxygen atoms in total. The Morgan fingerprint density at radius 2 is 1.57 bits per heavy atom. The zero-order valence-corrected chi connectivity index (χ0v) is 14.3. The third-order valence-electron chi connectivity index (χ3n) is 3.97. The summed E-state index contributed by atoms with van der Waals surface area (Å²) in [5, 5.41) is 4.26. The van der Waals surface area contributed by atoms with Crippen LogP contribution >= 0.6 is 34.3 Å². The van der Waals surface area contributed by atoms with Crippen molar-refractivity contribution in [3.8, 4) is 10.6 Å². The Labute approximate surface area is 145 Å². The molecule has 3 aromatic carbocycles. The average molecular weight is 352 g/mol. The van der Waals surface area contributed by atoms with Crippen molar-refractivity contribution in [1.82, 2.24) is 4.98 Å². The number of thiophene rings is 1. The summed E-state index contributed by atoms with van der Waals surface area (Å²) in [5.41, 5.74) is 2.25. The first kappa shape index (κ1) is 13.5. The second-order valence-electron chi connectivity index (χ2n) is 5.41. The number of hydrogen-bond donors (Lipinski definition) is 0. The van der Waals surface area contributed by atoms with Crippen LogP contribution in [0.25, 0.3) is 41.0 Å². The lowest BCUT2D eigenvalue weighted by Gasteiger charge is -1.94. The van der Waals surface area contributed by atoms with E-state index in [-0.39, 0.29) is 0 Å². The van der Waals surface area contributed by atoms with Crippen molar-refractivity contribution in [3.63, 3.8) is 0 Å². The lowest BCUT2D eigenvalue weighted by atomic mass is 10.1. The van der Waals surface area contributed by atoms with E-state index < -0.39 is 0 Å². The maximum absolute atomic E-state index is 6.22. The number of rotatable bonds is 1. The lowest BCUT2D eigenvalue weighted by Crippen LogP contribution is -1.75. The molecule has 0 saturated heterocycles. The molecule has 0 fully saturated rings. The van der Waals surface area contributed by atoms with E-state index in [1.807, 2.05) is 12.1 Å². The van der Waals surface area contributed by atoms with Gasteiger partial charge in [-0.15, -0.1) is 22.7 Å². The maximum Gasteiger partial charge on any atom is 0.124 e. The van der Waals surface area contributed by atoms with Crippen molar-refractivity contribution in [2.45, 2.75) is 0 Å². The molecule has 0 amide bonds. The summed E-state index contributed by atoms with van der Waals surface area (Å²) in [6, 6.07) is 20.8. The fourth-order valence-electron chi connectivity index (χ4n) is 2.93. The van der Waals surface area contributed by atoms with Gasteiger partial charge in [0.15, 0.2) is 0 Å². The van der Waals surface area contributed by atoms with Crippen LogP contribution in [-0.4, -0.2) is 4.98 Å². The molecule has 4 heteroatoms. The second kappa shape index (κ2) is 5.03. The summed E-state index contributed by atoms with van der Waals surface area (Å²) in [4.78, 5) is 4.95. The molecule has 0 N–H and O–H groups in total. The second-order valence-corrected chi connectivity index (χ2v) is 7.96. The van der Waals surface area contributed by atoms with E-state index in [0.29, 0.717) is 0 Å². The van der Waals surface area contributed by atoms with Crippen molar-refractivity contribution in [2.75, 3.05) is 0 Å². The van der Waals surface area contributed by atoms with E-state index in [0.717, 1.165) is 15.5 Å². The lowest BCUT2D eigenvalue weighted by molar-refractivity contribution is 1.49. The van der Waals surface area contributed by atoms with Crippen molar-refractivity contribution in [1.29, 1.82) is 0 Å². The van der Waals surface area contributed by atoms with Gasteiger partial charge in [-0.3, -0.25) is 0 Å². The van der Waals surface area contributed by atoms with Crippen molar-refractivity contribution in [2.24, 2.45) is 0 Å². The Hall–Kier alpha value is -1.94. The maximum atomic E-state index is 6.22. The Kier molecular flexibility index (Phi) is 2.95. The summed E-state index contributed by atoms with van der Waals surface area (Å²) in [7, 11) is 0. The molecule has 0 spiro atoms. The van der Waals surface area contributed by atoms with E-state index in [2.05, 4.69) is 48.5 Å². The highest BCUT2D eigenvalue weighted by Crippen LogP contribution is 2.41. The summed E-state index contributed by atoms with van der Waals surface area (Å²) < 4.78 is 3.74. The molecule has 0 saturated carbocycles. The van der Waals surface area contributed by atoms with Gasteiger partial charge in [-0.1, -0.05) is 41.9 Å². The molecule has 110 valence electrons. The number of halogens is 1. The quantitative estimate of drug-likeness (QED) is 0.317. The van der Waals surface area contributed by atoms with E-state index in [9.17, 15) is 0 Å². The summed E-state index contributed by atoms with van der Waals surface area (Å²) >= 11 is 9.75. The molecular weight excluding hydrogens is 342 g/mol. The van der Waals surface area contributed by atoms with Gasteiger partial charge in [0.1, 0.15) is 5.01 Å². The van der Waals surface area contributed by atoms with Crippen LogP contribution in [0.15, 0.2) is 60.7 Å². The van der Waals surface area contributed by atoms with E-state index in [1.54, 1.807) is 22.7 Å². The number of benzene rings is 3. The molecule has 0 aliphatic carbocycles. The molecule has 2 heterocycles. The van der Waals surface area contributed by atoms with Gasteiger partial charge in [0.2, 0.25) is 0 Å². The van der Waals surface area contributed by atoms with E-state index >= 15 is 0 Å². The molecule has 0 atom stereocenters. The normalized spacial score (nSPS) is 11.7. The molecule has 0 unspecified atom stereocenters. The molecule has 0 aliphatic rings. The molecule has 5 aromatic rings. The predicted octanol–water partition coefficient (Wildman–Crippen LogP) is 6.98. The highest BCUT2D eigenvalue weighted by molar-refractivity contribution is 7.26. The van der Waals surface area contributed by atoms with Gasteiger partial charge >= 0.3 is 0 Å². The number of aromatic nitrogens is 1. The molecular formula is C19H10ClNS2. The minimum absolute atomic E-state index is 0.771. The number of hydrogen-bond acceptors (Lipinski definition) is 3. The third-order valence-corrected chi connectivity index (χ3v) is 6.42. The minimum Gasteiger partial charge on any atom is -0.235 e. The van der Waals surface area contributed by atoms with Crippen LogP contribution in [0.5, 0.6) is 0 Å². The summed E-state index contributed by atoms with van der Waals surface area (Å²) in [6.45, 7) is 0. The number of nitrogens with zero attached hydrogens (tertiary/aromatic N) is 1. The SMILES string of the molecule is Clc1ccc2sc3ccc4sc(-c5ccccc5)nc4c3c2c1. The number of thiazole rings is 1. The summed E-state index contributed by atoms with van der Waals surface area (Å²) in [5.74, 6) is 0. The first-order chi connectivity index (χ1) is 11.3. The average Bonchev–Trinajstić information content (AvgIpc) is 3.16. The van der Waals surface area contributed by atoms with E-state index in [4.69, 9.17) is 16.6 Å². The van der Waals surface area contributed by atoms with Crippen LogP contribution < -0.4 is 0 Å². The molecule has 5 rings (SSSR count). The predicted molar refractivity (Wildman–Crippen MR) is 103 cm³/mol. The van der Waals surface area contributed by atoms with Crippen LogP contribution in [0.2, 0.25) is 5.02 Å². The van der Waals surface area contributed by atoms with Gasteiger partial charge in [-0.25, -0.2) is 4.98 Å². The van der Waals surface area contributed by atoms with Gasteiger partial charge in [-0.05, 0) is 30.3 Å². The van der Waals surface area contributed by atoms with Crippen molar-refractivity contribution < 1.29 is 0 Å². The fourth-order valence-corrected chi connectivity index (χ4v) is 5.17. The number of fused-ring (bicyclic) bond motifs is 5. The molecule has 0 aliphatic heterocycles. The highest BCUT2D eigenvalue weighted by Gasteiger charge is 2.13. The van der Waals surface area contributed by atoms with Crippen LogP contribution in [0.4, 0.5) is 0 Å². The first-order valence-electron chi connectivity index (χ1n) is 7.26. The van der Waals surface area contributed by atoms with Crippen LogP contribution in [0.1, 0.15) is 0 Å². The van der Waals surface area contributed by atoms with E-state index in [1.165, 1.54) is 30.4 Å². The Balaban J connectivity index is 1.90. The van der Waals surface area contributed by atoms with Crippen molar-refractivity contribution in [3.05, 3.63) is 65.7 Å². The Morgan fingerprint density at radius 1 is 0.783 bits per heavy atom. The Morgan fingerprint density at radius 3 is 2.43 bits per heavy atom. The summed E-state index contributed by atoms with van der Waals surface area (Å²) in [6.07, 6.45) is 0. The molecule has 0 bridgehead atoms. The fraction of sp³-hybridized carbons (Fsp3) is 0. The van der Waals surface area contributed by atoms with Crippen LogP contribution in [0, 0.1) is 0 Å². The Bertz CT molecular complexity index is 1170.